The highest BCUT2D eigenvalue weighted by Gasteiger charge is 2.13. The van der Waals surface area contributed by atoms with Crippen LogP contribution in [0.3, 0.4) is 0 Å². The Hall–Kier alpha value is -1.10. The summed E-state index contributed by atoms with van der Waals surface area (Å²) in [7, 11) is 0.267. The average molecular weight is 316 g/mol. The zero-order valence-electron chi connectivity index (χ0n) is 10.1. The van der Waals surface area contributed by atoms with Gasteiger partial charge in [0.05, 0.1) is 44.3 Å². The summed E-state index contributed by atoms with van der Waals surface area (Å²) in [6.45, 7) is 0. The maximum absolute atomic E-state index is 12.3. The molecule has 1 atom stereocenters. The van der Waals surface area contributed by atoms with Gasteiger partial charge in [-0.25, -0.2) is 0 Å². The van der Waals surface area contributed by atoms with Crippen molar-refractivity contribution in [2.24, 2.45) is 0 Å². The Morgan fingerprint density at radius 3 is 2.74 bits per heavy atom. The van der Waals surface area contributed by atoms with E-state index < -0.39 is 10.8 Å². The molecule has 0 spiro atoms. The lowest BCUT2D eigenvalue weighted by molar-refractivity contribution is 0.404. The van der Waals surface area contributed by atoms with Crippen LogP contribution in [0.15, 0.2) is 41.4 Å². The monoisotopic (exact) mass is 315 g/mol. The molecule has 0 radical (unpaired) electrons. The van der Waals surface area contributed by atoms with Crippen molar-refractivity contribution >= 4 is 34.0 Å². The van der Waals surface area contributed by atoms with E-state index in [0.29, 0.717) is 26.4 Å². The van der Waals surface area contributed by atoms with Crippen LogP contribution in [0.5, 0.6) is 5.75 Å². The molecule has 100 valence electrons. The van der Waals surface area contributed by atoms with Crippen LogP contribution in [0.1, 0.15) is 5.69 Å². The molecule has 3 nitrogen and oxygen atoms in total. The Morgan fingerprint density at radius 2 is 2.05 bits per heavy atom. The summed E-state index contributed by atoms with van der Waals surface area (Å²) in [5.74, 6) is 0.807. The molecule has 0 N–H and O–H groups in total. The van der Waals surface area contributed by atoms with Gasteiger partial charge in [-0.05, 0) is 18.2 Å². The van der Waals surface area contributed by atoms with Crippen LogP contribution < -0.4 is 4.74 Å². The van der Waals surface area contributed by atoms with Crippen molar-refractivity contribution in [3.05, 3.63) is 52.3 Å². The van der Waals surface area contributed by atoms with Crippen molar-refractivity contribution < 1.29 is 8.95 Å². The molecule has 0 fully saturated rings. The number of methoxy groups -OCH3 is 1. The summed E-state index contributed by atoms with van der Waals surface area (Å²) >= 11 is 11.8. The number of hydrogen-bond acceptors (Lipinski definition) is 3. The zero-order valence-corrected chi connectivity index (χ0v) is 12.4. The molecule has 0 saturated heterocycles. The number of pyridine rings is 1. The maximum Gasteiger partial charge on any atom is 0.134 e. The van der Waals surface area contributed by atoms with Gasteiger partial charge in [-0.3, -0.25) is 9.19 Å². The predicted molar refractivity (Wildman–Crippen MR) is 77.4 cm³/mol. The SMILES string of the molecule is COc1ccccc1S(=O)Cc1ncc(Cl)cc1Cl. The number of ether oxygens (including phenoxy) is 1. The summed E-state index contributed by atoms with van der Waals surface area (Å²) in [6.07, 6.45) is 1.49. The first-order valence-electron chi connectivity index (χ1n) is 5.43. The second-order valence-electron chi connectivity index (χ2n) is 3.72. The van der Waals surface area contributed by atoms with Crippen LogP contribution in [0, 0.1) is 0 Å². The summed E-state index contributed by atoms with van der Waals surface area (Å²) in [5, 5.41) is 0.868. The lowest BCUT2D eigenvalue weighted by Gasteiger charge is -2.08. The normalized spacial score (nSPS) is 12.2. The van der Waals surface area contributed by atoms with E-state index >= 15 is 0 Å². The van der Waals surface area contributed by atoms with E-state index in [-0.39, 0.29) is 5.75 Å². The topological polar surface area (TPSA) is 39.2 Å². The fourth-order valence-corrected chi connectivity index (χ4v) is 3.32. The third-order valence-corrected chi connectivity index (χ3v) is 4.36. The minimum absolute atomic E-state index is 0.219. The molecule has 19 heavy (non-hydrogen) atoms. The molecule has 0 amide bonds. The summed E-state index contributed by atoms with van der Waals surface area (Å²) in [6, 6.07) is 8.76. The van der Waals surface area contributed by atoms with Crippen LogP contribution >= 0.6 is 23.2 Å². The quantitative estimate of drug-likeness (QED) is 0.863. The smallest absolute Gasteiger partial charge is 0.134 e. The number of aromatic nitrogens is 1. The molecule has 1 heterocycles. The molecule has 1 aromatic heterocycles. The van der Waals surface area contributed by atoms with Crippen molar-refractivity contribution in [1.82, 2.24) is 4.98 Å². The van der Waals surface area contributed by atoms with Crippen molar-refractivity contribution in [3.63, 3.8) is 0 Å². The van der Waals surface area contributed by atoms with Gasteiger partial charge in [-0.15, -0.1) is 0 Å². The summed E-state index contributed by atoms with van der Waals surface area (Å²) in [4.78, 5) is 4.72. The average Bonchev–Trinajstić information content (AvgIpc) is 2.41. The van der Waals surface area contributed by atoms with Gasteiger partial charge < -0.3 is 4.74 Å². The largest absolute Gasteiger partial charge is 0.495 e. The van der Waals surface area contributed by atoms with Gasteiger partial charge in [0.1, 0.15) is 5.75 Å². The van der Waals surface area contributed by atoms with Crippen molar-refractivity contribution in [2.75, 3.05) is 7.11 Å². The lowest BCUT2D eigenvalue weighted by Crippen LogP contribution is -2.01. The molecule has 6 heteroatoms. The molecule has 0 aliphatic carbocycles. The first-order valence-corrected chi connectivity index (χ1v) is 7.50. The molecule has 2 aromatic rings. The molecular formula is C13H11Cl2NO2S. The Kier molecular flexibility index (Phi) is 4.80. The van der Waals surface area contributed by atoms with Crippen LogP contribution in [0.2, 0.25) is 10.0 Å². The van der Waals surface area contributed by atoms with Gasteiger partial charge in [-0.2, -0.15) is 0 Å². The highest BCUT2D eigenvalue weighted by molar-refractivity contribution is 7.84. The third-order valence-electron chi connectivity index (χ3n) is 2.47. The Balaban J connectivity index is 2.26. The Bertz CT molecular complexity index is 619. The molecule has 0 saturated carbocycles. The number of benzene rings is 1. The van der Waals surface area contributed by atoms with Crippen molar-refractivity contribution in [2.45, 2.75) is 10.6 Å². The number of para-hydroxylation sites is 1. The highest BCUT2D eigenvalue weighted by Crippen LogP contribution is 2.25. The highest BCUT2D eigenvalue weighted by atomic mass is 35.5. The number of halogens is 2. The molecule has 1 aromatic carbocycles. The maximum atomic E-state index is 12.3. The number of rotatable bonds is 4. The van der Waals surface area contributed by atoms with Crippen LogP contribution in [0.25, 0.3) is 0 Å². The third kappa shape index (κ3) is 3.47. The second kappa shape index (κ2) is 6.37. The van der Waals surface area contributed by atoms with Gasteiger partial charge in [0, 0.05) is 6.20 Å². The van der Waals surface area contributed by atoms with E-state index in [1.54, 1.807) is 25.3 Å². The van der Waals surface area contributed by atoms with E-state index in [1.165, 1.54) is 6.20 Å². The summed E-state index contributed by atoms with van der Waals surface area (Å²) in [5.41, 5.74) is 0.551. The zero-order chi connectivity index (χ0) is 13.8. The molecule has 1 unspecified atom stereocenters. The predicted octanol–water partition coefficient (Wildman–Crippen LogP) is 3.70. The van der Waals surface area contributed by atoms with E-state index in [4.69, 9.17) is 27.9 Å². The van der Waals surface area contributed by atoms with Gasteiger partial charge in [-0.1, -0.05) is 35.3 Å². The Morgan fingerprint density at radius 1 is 1.32 bits per heavy atom. The van der Waals surface area contributed by atoms with E-state index in [1.807, 2.05) is 12.1 Å². The molecule has 0 aliphatic rings. The first-order chi connectivity index (χ1) is 9.11. The Labute approximate surface area is 124 Å². The minimum Gasteiger partial charge on any atom is -0.495 e. The van der Waals surface area contributed by atoms with Crippen molar-refractivity contribution in [1.29, 1.82) is 0 Å². The van der Waals surface area contributed by atoms with Crippen LogP contribution in [-0.2, 0) is 16.6 Å². The molecule has 0 bridgehead atoms. The summed E-state index contributed by atoms with van der Waals surface area (Å²) < 4.78 is 17.5. The number of hydrogen-bond donors (Lipinski definition) is 0. The molecular weight excluding hydrogens is 305 g/mol. The van der Waals surface area contributed by atoms with Crippen molar-refractivity contribution in [3.8, 4) is 5.75 Å². The van der Waals surface area contributed by atoms with E-state index in [2.05, 4.69) is 4.98 Å². The standard InChI is InChI=1S/C13H11Cl2NO2S/c1-18-12-4-2-3-5-13(12)19(17)8-11-10(15)6-9(14)7-16-11/h2-7H,8H2,1H3. The molecule has 0 aliphatic heterocycles. The lowest BCUT2D eigenvalue weighted by atomic mass is 10.3. The van der Waals surface area contributed by atoms with Gasteiger partial charge in [0.25, 0.3) is 0 Å². The van der Waals surface area contributed by atoms with E-state index in [0.717, 1.165) is 0 Å². The van der Waals surface area contributed by atoms with Gasteiger partial charge >= 0.3 is 0 Å². The van der Waals surface area contributed by atoms with Gasteiger partial charge in [0.2, 0.25) is 0 Å². The second-order valence-corrected chi connectivity index (χ2v) is 5.99. The molecule has 2 rings (SSSR count). The van der Waals surface area contributed by atoms with Crippen LogP contribution in [-0.4, -0.2) is 16.3 Å². The minimum atomic E-state index is -1.28. The fraction of sp³-hybridized carbons (Fsp3) is 0.154. The fourth-order valence-electron chi connectivity index (χ4n) is 1.56. The van der Waals surface area contributed by atoms with E-state index in [9.17, 15) is 4.21 Å². The number of nitrogens with zero attached hydrogens (tertiary/aromatic N) is 1. The van der Waals surface area contributed by atoms with Crippen LogP contribution in [0.4, 0.5) is 0 Å². The van der Waals surface area contributed by atoms with Gasteiger partial charge in [0.15, 0.2) is 0 Å². The first kappa shape index (κ1) is 14.3.